The molecule has 0 unspecified atom stereocenters. The van der Waals surface area contributed by atoms with Crippen molar-refractivity contribution >= 4 is 11.6 Å². The second-order valence-electron chi connectivity index (χ2n) is 7.37. The first-order valence-electron chi connectivity index (χ1n) is 10.1. The molecule has 0 radical (unpaired) electrons. The number of carbonyl (C=O) groups excluding carboxylic acids is 1. The number of hydrogen-bond acceptors (Lipinski definition) is 7. The maximum absolute atomic E-state index is 12.7. The Morgan fingerprint density at radius 3 is 2.42 bits per heavy atom. The zero-order valence-corrected chi connectivity index (χ0v) is 18.2. The molecule has 10 nitrogen and oxygen atoms in total. The first-order valence-corrected chi connectivity index (χ1v) is 10.1. The Kier molecular flexibility index (Phi) is 5.74. The van der Waals surface area contributed by atoms with Crippen LogP contribution in [0.25, 0.3) is 5.69 Å². The highest BCUT2D eigenvalue weighted by molar-refractivity contribution is 6.04. The minimum Gasteiger partial charge on any atom is -0.497 e. The van der Waals surface area contributed by atoms with Crippen LogP contribution in [0.1, 0.15) is 30.5 Å². The Morgan fingerprint density at radius 2 is 1.79 bits per heavy atom. The summed E-state index contributed by atoms with van der Waals surface area (Å²) in [4.78, 5) is 39.8. The van der Waals surface area contributed by atoms with Gasteiger partial charge in [-0.1, -0.05) is 24.3 Å². The average molecular weight is 450 g/mol. The molecule has 2 N–H and O–H groups in total. The van der Waals surface area contributed by atoms with Crippen molar-refractivity contribution in [2.24, 2.45) is 5.10 Å². The van der Waals surface area contributed by atoms with Crippen LogP contribution in [0.4, 0.5) is 0 Å². The van der Waals surface area contributed by atoms with Gasteiger partial charge in [0.2, 0.25) is 11.8 Å². The summed E-state index contributed by atoms with van der Waals surface area (Å²) in [7, 11) is 2.98. The van der Waals surface area contributed by atoms with Gasteiger partial charge in [0.1, 0.15) is 17.1 Å². The van der Waals surface area contributed by atoms with E-state index in [9.17, 15) is 19.5 Å². The van der Waals surface area contributed by atoms with E-state index in [1.54, 1.807) is 55.6 Å². The van der Waals surface area contributed by atoms with Crippen molar-refractivity contribution in [2.45, 2.75) is 19.4 Å². The quantitative estimate of drug-likeness (QED) is 0.612. The molecule has 0 fully saturated rings. The summed E-state index contributed by atoms with van der Waals surface area (Å²) in [6.45, 7) is 1.36. The van der Waals surface area contributed by atoms with Gasteiger partial charge in [-0.05, 0) is 29.8 Å². The van der Waals surface area contributed by atoms with Crippen molar-refractivity contribution in [3.05, 3.63) is 80.5 Å². The van der Waals surface area contributed by atoms with Crippen molar-refractivity contribution in [1.82, 2.24) is 14.6 Å². The first kappa shape index (κ1) is 21.9. The van der Waals surface area contributed by atoms with E-state index in [0.717, 1.165) is 10.1 Å². The van der Waals surface area contributed by atoms with Gasteiger partial charge in [0.05, 0.1) is 31.7 Å². The molecule has 2 heterocycles. The predicted molar refractivity (Wildman–Crippen MR) is 120 cm³/mol. The van der Waals surface area contributed by atoms with Crippen molar-refractivity contribution in [1.29, 1.82) is 0 Å². The van der Waals surface area contributed by atoms with Gasteiger partial charge in [-0.25, -0.2) is 14.4 Å². The Morgan fingerprint density at radius 1 is 1.09 bits per heavy atom. The summed E-state index contributed by atoms with van der Waals surface area (Å²) in [5.41, 5.74) is -0.635. The van der Waals surface area contributed by atoms with Crippen LogP contribution in [-0.2, 0) is 4.79 Å². The maximum Gasteiger partial charge on any atom is 0.335 e. The van der Waals surface area contributed by atoms with Crippen LogP contribution in [0.2, 0.25) is 0 Å². The number of methoxy groups -OCH3 is 2. The zero-order valence-electron chi connectivity index (χ0n) is 18.2. The molecule has 0 saturated carbocycles. The number of aromatic hydroxyl groups is 1. The third-order valence-electron chi connectivity index (χ3n) is 5.43. The third kappa shape index (κ3) is 3.86. The number of nitrogens with zero attached hydrogens (tertiary/aromatic N) is 3. The highest BCUT2D eigenvalue weighted by atomic mass is 16.5. The number of carbonyl (C=O) groups is 1. The minimum atomic E-state index is -0.834. The van der Waals surface area contributed by atoms with Crippen LogP contribution < -0.4 is 20.7 Å². The molecule has 1 aliphatic rings. The number of hydrogen-bond donors (Lipinski definition) is 2. The van der Waals surface area contributed by atoms with Gasteiger partial charge >= 0.3 is 5.69 Å². The molecule has 4 rings (SSSR count). The molecule has 1 amide bonds. The highest BCUT2D eigenvalue weighted by Crippen LogP contribution is 2.35. The Labute approximate surface area is 188 Å². The lowest BCUT2D eigenvalue weighted by molar-refractivity contribution is -0.130. The van der Waals surface area contributed by atoms with E-state index in [2.05, 4.69) is 10.1 Å². The molecular formula is C23H22N4O6. The molecule has 0 bridgehead atoms. The molecule has 1 aromatic heterocycles. The Balaban J connectivity index is 1.83. The average Bonchev–Trinajstić information content (AvgIpc) is 3.24. The molecule has 3 aromatic rings. The fourth-order valence-corrected chi connectivity index (χ4v) is 3.86. The number of rotatable bonds is 5. The summed E-state index contributed by atoms with van der Waals surface area (Å²) in [6.07, 6.45) is 0.159. The molecule has 1 aliphatic heterocycles. The van der Waals surface area contributed by atoms with E-state index >= 15 is 0 Å². The van der Waals surface area contributed by atoms with E-state index in [0.29, 0.717) is 11.5 Å². The SMILES string of the molecule is COc1ccc([C@@H]2CC(c3c(O)n(-c4ccccc4OC)c(=O)[nH]c3=O)=NN2C(C)=O)cc1. The van der Waals surface area contributed by atoms with Crippen LogP contribution in [0.5, 0.6) is 17.4 Å². The van der Waals surface area contributed by atoms with Crippen LogP contribution in [0.15, 0.2) is 63.2 Å². The second-order valence-corrected chi connectivity index (χ2v) is 7.37. The van der Waals surface area contributed by atoms with Gasteiger partial charge in [-0.2, -0.15) is 5.10 Å². The number of aromatic amines is 1. The number of H-pyrrole nitrogens is 1. The monoisotopic (exact) mass is 450 g/mol. The lowest BCUT2D eigenvalue weighted by Gasteiger charge is -2.20. The second kappa shape index (κ2) is 8.65. The maximum atomic E-state index is 12.7. The van der Waals surface area contributed by atoms with E-state index in [-0.39, 0.29) is 29.3 Å². The predicted octanol–water partition coefficient (Wildman–Crippen LogP) is 1.95. The molecular weight excluding hydrogens is 428 g/mol. The molecule has 2 aromatic carbocycles. The van der Waals surface area contributed by atoms with Crippen LogP contribution >= 0.6 is 0 Å². The molecule has 0 saturated heterocycles. The van der Waals surface area contributed by atoms with Gasteiger partial charge < -0.3 is 14.6 Å². The van der Waals surface area contributed by atoms with Crippen molar-refractivity contribution < 1.29 is 19.4 Å². The normalized spacial score (nSPS) is 15.3. The van der Waals surface area contributed by atoms with Crippen molar-refractivity contribution in [3.8, 4) is 23.1 Å². The number of benzene rings is 2. The molecule has 0 spiro atoms. The number of ether oxygens (including phenoxy) is 2. The van der Waals surface area contributed by atoms with E-state index in [4.69, 9.17) is 9.47 Å². The molecule has 170 valence electrons. The number of amides is 1. The number of aromatic nitrogens is 2. The van der Waals surface area contributed by atoms with Gasteiger partial charge in [0.15, 0.2) is 0 Å². The van der Waals surface area contributed by atoms with Gasteiger partial charge in [-0.15, -0.1) is 0 Å². The largest absolute Gasteiger partial charge is 0.497 e. The van der Waals surface area contributed by atoms with Gasteiger partial charge in [-0.3, -0.25) is 14.6 Å². The summed E-state index contributed by atoms with van der Waals surface area (Å²) >= 11 is 0. The van der Waals surface area contributed by atoms with Crippen LogP contribution in [0, 0.1) is 0 Å². The van der Waals surface area contributed by atoms with Gasteiger partial charge in [0.25, 0.3) is 5.56 Å². The van der Waals surface area contributed by atoms with Gasteiger partial charge in [0, 0.05) is 13.3 Å². The molecule has 33 heavy (non-hydrogen) atoms. The van der Waals surface area contributed by atoms with Crippen LogP contribution in [-0.4, -0.2) is 45.5 Å². The Hall–Kier alpha value is -4.34. The lowest BCUT2D eigenvalue weighted by Crippen LogP contribution is -2.33. The summed E-state index contributed by atoms with van der Waals surface area (Å²) in [6, 6.07) is 13.2. The van der Waals surface area contributed by atoms with E-state index in [1.165, 1.54) is 19.0 Å². The number of hydrazone groups is 1. The Bertz CT molecular complexity index is 1360. The smallest absolute Gasteiger partial charge is 0.335 e. The topological polar surface area (TPSA) is 126 Å². The molecule has 10 heteroatoms. The summed E-state index contributed by atoms with van der Waals surface area (Å²) in [5.74, 6) is 0.0543. The highest BCUT2D eigenvalue weighted by Gasteiger charge is 2.34. The standard InChI is InChI=1S/C23H22N4O6/c1-13(28)27-18(14-8-10-15(32-2)11-9-14)12-16(25-27)20-21(29)24-23(31)26(22(20)30)17-6-4-5-7-19(17)33-3/h4-11,18,30H,12H2,1-3H3,(H,24,29,31)/t18-/m0/s1. The number of para-hydroxylation sites is 2. The van der Waals surface area contributed by atoms with Crippen molar-refractivity contribution in [2.75, 3.05) is 14.2 Å². The van der Waals surface area contributed by atoms with Crippen LogP contribution in [0.3, 0.4) is 0 Å². The third-order valence-corrected chi connectivity index (χ3v) is 5.43. The lowest BCUT2D eigenvalue weighted by atomic mass is 9.99. The summed E-state index contributed by atoms with van der Waals surface area (Å²) < 4.78 is 11.4. The molecule has 1 atom stereocenters. The minimum absolute atomic E-state index is 0.159. The fraction of sp³-hybridized carbons (Fsp3) is 0.217. The number of nitrogens with one attached hydrogen (secondary N) is 1. The van der Waals surface area contributed by atoms with E-state index < -0.39 is 23.2 Å². The van der Waals surface area contributed by atoms with Crippen molar-refractivity contribution in [3.63, 3.8) is 0 Å². The van der Waals surface area contributed by atoms with E-state index in [1.807, 2.05) is 0 Å². The molecule has 0 aliphatic carbocycles. The zero-order chi connectivity index (χ0) is 23.7. The fourth-order valence-electron chi connectivity index (χ4n) is 3.86. The first-order chi connectivity index (χ1) is 15.8. The summed E-state index contributed by atoms with van der Waals surface area (Å²) in [5, 5.41) is 16.6.